The molecular formula is C13H26N2O2. The van der Waals surface area contributed by atoms with Crippen LogP contribution >= 0.6 is 0 Å². The third-order valence-corrected chi connectivity index (χ3v) is 4.07. The number of aliphatic hydroxyl groups excluding tert-OH is 1. The van der Waals surface area contributed by atoms with Gasteiger partial charge in [-0.05, 0) is 38.1 Å². The summed E-state index contributed by atoms with van der Waals surface area (Å²) in [5.41, 5.74) is 0. The van der Waals surface area contributed by atoms with Gasteiger partial charge in [-0.1, -0.05) is 6.42 Å². The topological polar surface area (TPSA) is 53.5 Å². The maximum absolute atomic E-state index is 8.61. The lowest BCUT2D eigenvalue weighted by molar-refractivity contribution is 0.0914. The molecule has 0 amide bonds. The molecule has 0 radical (unpaired) electrons. The highest BCUT2D eigenvalue weighted by atomic mass is 16.5. The molecule has 1 saturated carbocycles. The highest BCUT2D eigenvalue weighted by Crippen LogP contribution is 2.31. The molecule has 1 saturated heterocycles. The highest BCUT2D eigenvalue weighted by molar-refractivity contribution is 4.93. The van der Waals surface area contributed by atoms with Crippen LogP contribution in [0.2, 0.25) is 0 Å². The number of aliphatic hydroxyl groups is 1. The summed E-state index contributed by atoms with van der Waals surface area (Å²) in [6.45, 7) is 3.40. The third kappa shape index (κ3) is 3.91. The maximum atomic E-state index is 8.61. The lowest BCUT2D eigenvalue weighted by atomic mass is 9.93. The Balaban J connectivity index is 1.64. The average Bonchev–Trinajstić information content (AvgIpc) is 2.98. The quantitative estimate of drug-likeness (QED) is 0.569. The normalized spacial score (nSPS) is 33.4. The molecule has 0 bridgehead atoms. The Hall–Kier alpha value is -0.160. The van der Waals surface area contributed by atoms with Crippen LogP contribution in [-0.2, 0) is 4.74 Å². The predicted molar refractivity (Wildman–Crippen MR) is 68.1 cm³/mol. The fourth-order valence-corrected chi connectivity index (χ4v) is 3.28. The van der Waals surface area contributed by atoms with Gasteiger partial charge >= 0.3 is 0 Å². The van der Waals surface area contributed by atoms with Crippen molar-refractivity contribution in [2.75, 3.05) is 32.9 Å². The van der Waals surface area contributed by atoms with Crippen LogP contribution in [0.15, 0.2) is 0 Å². The van der Waals surface area contributed by atoms with E-state index < -0.39 is 0 Å². The molecule has 4 heteroatoms. The summed E-state index contributed by atoms with van der Waals surface area (Å²) in [4.78, 5) is 0. The maximum Gasteiger partial charge on any atom is 0.0698 e. The van der Waals surface area contributed by atoms with Gasteiger partial charge in [0.1, 0.15) is 0 Å². The minimum Gasteiger partial charge on any atom is -0.394 e. The average molecular weight is 242 g/mol. The SMILES string of the molecule is OCCOCCNC1CCCC1C1CCCN1. The van der Waals surface area contributed by atoms with Gasteiger partial charge in [-0.3, -0.25) is 0 Å². The second kappa shape index (κ2) is 7.31. The molecule has 100 valence electrons. The molecule has 0 aromatic carbocycles. The van der Waals surface area contributed by atoms with Crippen LogP contribution in [0.25, 0.3) is 0 Å². The van der Waals surface area contributed by atoms with Crippen molar-refractivity contribution in [3.05, 3.63) is 0 Å². The molecule has 17 heavy (non-hydrogen) atoms. The lowest BCUT2D eigenvalue weighted by Gasteiger charge is -2.26. The second-order valence-electron chi connectivity index (χ2n) is 5.19. The second-order valence-corrected chi connectivity index (χ2v) is 5.19. The minimum atomic E-state index is 0.123. The molecule has 2 aliphatic rings. The van der Waals surface area contributed by atoms with Crippen molar-refractivity contribution in [3.63, 3.8) is 0 Å². The number of rotatable bonds is 7. The molecule has 1 heterocycles. The zero-order valence-corrected chi connectivity index (χ0v) is 10.7. The van der Waals surface area contributed by atoms with E-state index >= 15 is 0 Å². The Morgan fingerprint density at radius 1 is 1.18 bits per heavy atom. The van der Waals surface area contributed by atoms with E-state index in [4.69, 9.17) is 9.84 Å². The van der Waals surface area contributed by atoms with E-state index in [0.717, 1.165) is 18.5 Å². The van der Waals surface area contributed by atoms with Crippen LogP contribution in [0.3, 0.4) is 0 Å². The molecule has 0 aromatic heterocycles. The van der Waals surface area contributed by atoms with Crippen LogP contribution in [0.4, 0.5) is 0 Å². The van der Waals surface area contributed by atoms with Gasteiger partial charge in [0.15, 0.2) is 0 Å². The van der Waals surface area contributed by atoms with E-state index in [1.54, 1.807) is 0 Å². The van der Waals surface area contributed by atoms with Gasteiger partial charge < -0.3 is 20.5 Å². The Kier molecular flexibility index (Phi) is 5.71. The monoisotopic (exact) mass is 242 g/mol. The van der Waals surface area contributed by atoms with Crippen molar-refractivity contribution < 1.29 is 9.84 Å². The summed E-state index contributed by atoms with van der Waals surface area (Å²) < 4.78 is 5.28. The van der Waals surface area contributed by atoms with Crippen LogP contribution in [0.5, 0.6) is 0 Å². The van der Waals surface area contributed by atoms with Crippen molar-refractivity contribution in [3.8, 4) is 0 Å². The van der Waals surface area contributed by atoms with Crippen molar-refractivity contribution in [1.29, 1.82) is 0 Å². The summed E-state index contributed by atoms with van der Waals surface area (Å²) in [6.07, 6.45) is 6.73. The summed E-state index contributed by atoms with van der Waals surface area (Å²) in [7, 11) is 0. The minimum absolute atomic E-state index is 0.123. The van der Waals surface area contributed by atoms with E-state index in [1.165, 1.54) is 38.6 Å². The van der Waals surface area contributed by atoms with E-state index in [9.17, 15) is 0 Å². The van der Waals surface area contributed by atoms with Crippen molar-refractivity contribution in [1.82, 2.24) is 10.6 Å². The standard InChI is InChI=1S/C13H26N2O2/c16-8-10-17-9-7-15-12-4-1-3-11(12)13-5-2-6-14-13/h11-16H,1-10H2. The Morgan fingerprint density at radius 2 is 2.12 bits per heavy atom. The van der Waals surface area contributed by atoms with Crippen molar-refractivity contribution in [2.24, 2.45) is 5.92 Å². The molecule has 0 spiro atoms. The molecule has 1 aliphatic heterocycles. The molecule has 3 N–H and O–H groups in total. The fourth-order valence-electron chi connectivity index (χ4n) is 3.28. The smallest absolute Gasteiger partial charge is 0.0698 e. The zero-order chi connectivity index (χ0) is 11.9. The molecule has 1 aliphatic carbocycles. The molecular weight excluding hydrogens is 216 g/mol. The Morgan fingerprint density at radius 3 is 2.88 bits per heavy atom. The van der Waals surface area contributed by atoms with Gasteiger partial charge in [-0.15, -0.1) is 0 Å². The largest absolute Gasteiger partial charge is 0.394 e. The van der Waals surface area contributed by atoms with Crippen LogP contribution in [0.1, 0.15) is 32.1 Å². The van der Waals surface area contributed by atoms with Crippen LogP contribution in [0, 0.1) is 5.92 Å². The van der Waals surface area contributed by atoms with E-state index in [1.807, 2.05) is 0 Å². The van der Waals surface area contributed by atoms with Crippen LogP contribution < -0.4 is 10.6 Å². The number of nitrogens with one attached hydrogen (secondary N) is 2. The molecule has 3 unspecified atom stereocenters. The molecule has 2 rings (SSSR count). The van der Waals surface area contributed by atoms with Gasteiger partial charge in [0.25, 0.3) is 0 Å². The van der Waals surface area contributed by atoms with Crippen LogP contribution in [-0.4, -0.2) is 50.1 Å². The van der Waals surface area contributed by atoms with Gasteiger partial charge in [0, 0.05) is 18.6 Å². The first-order valence-corrected chi connectivity index (χ1v) is 7.07. The summed E-state index contributed by atoms with van der Waals surface area (Å²) >= 11 is 0. The van der Waals surface area contributed by atoms with Crippen molar-refractivity contribution >= 4 is 0 Å². The highest BCUT2D eigenvalue weighted by Gasteiger charge is 2.34. The van der Waals surface area contributed by atoms with E-state index in [0.29, 0.717) is 19.3 Å². The summed E-state index contributed by atoms with van der Waals surface area (Å²) in [6, 6.07) is 1.41. The predicted octanol–water partition coefficient (Wildman–Crippen LogP) is 0.506. The first-order valence-electron chi connectivity index (χ1n) is 7.07. The number of hydrogen-bond donors (Lipinski definition) is 3. The Bertz CT molecular complexity index is 208. The first-order chi connectivity index (χ1) is 8.42. The van der Waals surface area contributed by atoms with Gasteiger partial charge in [-0.2, -0.15) is 0 Å². The molecule has 3 atom stereocenters. The molecule has 4 nitrogen and oxygen atoms in total. The first kappa shape index (κ1) is 13.3. The van der Waals surface area contributed by atoms with Gasteiger partial charge in [-0.25, -0.2) is 0 Å². The van der Waals surface area contributed by atoms with E-state index in [-0.39, 0.29) is 6.61 Å². The summed E-state index contributed by atoms with van der Waals surface area (Å²) in [5.74, 6) is 0.815. The fraction of sp³-hybridized carbons (Fsp3) is 1.00. The molecule has 2 fully saturated rings. The Labute approximate surface area is 104 Å². The van der Waals surface area contributed by atoms with Gasteiger partial charge in [0.05, 0.1) is 19.8 Å². The lowest BCUT2D eigenvalue weighted by Crippen LogP contribution is -2.43. The third-order valence-electron chi connectivity index (χ3n) is 4.07. The molecule has 0 aromatic rings. The summed E-state index contributed by atoms with van der Waals surface area (Å²) in [5, 5.41) is 15.9. The number of ether oxygens (including phenoxy) is 1. The zero-order valence-electron chi connectivity index (χ0n) is 10.7. The van der Waals surface area contributed by atoms with Gasteiger partial charge in [0.2, 0.25) is 0 Å². The van der Waals surface area contributed by atoms with Crippen molar-refractivity contribution in [2.45, 2.75) is 44.2 Å². The van der Waals surface area contributed by atoms with E-state index in [2.05, 4.69) is 10.6 Å². The number of hydrogen-bond acceptors (Lipinski definition) is 4.